The van der Waals surface area contributed by atoms with Crippen LogP contribution in [0.2, 0.25) is 5.02 Å². The summed E-state index contributed by atoms with van der Waals surface area (Å²) in [5, 5.41) is 14.7. The van der Waals surface area contributed by atoms with Gasteiger partial charge in [0.25, 0.3) is 11.6 Å². The number of carbonyl (C=O) groups excluding carboxylic acids is 1. The second-order valence-electron chi connectivity index (χ2n) is 6.17. The molecule has 30 heavy (non-hydrogen) atoms. The molecule has 0 unspecified atom stereocenters. The lowest BCUT2D eigenvalue weighted by Crippen LogP contribution is -2.36. The molecular weight excluding hydrogens is 436 g/mol. The lowest BCUT2D eigenvalue weighted by molar-refractivity contribution is -0.384. The number of carbonyl (C=O) groups is 1. The molecule has 2 rings (SSSR count). The Morgan fingerprint density at radius 1 is 1.33 bits per heavy atom. The minimum absolute atomic E-state index is 0.0628. The van der Waals surface area contributed by atoms with Crippen molar-refractivity contribution in [1.29, 1.82) is 0 Å². The Morgan fingerprint density at radius 2 is 2.03 bits per heavy atom. The van der Waals surface area contributed by atoms with Gasteiger partial charge in [0.1, 0.15) is 10.6 Å². The quantitative estimate of drug-likeness (QED) is 0.370. The SMILES string of the molecule is COc1ccc(C)cc1S(=O)(=O)N(C)CC(=O)N/N=C\c1cc([N+](=O)[O-])ccc1Cl. The zero-order valence-electron chi connectivity index (χ0n) is 16.3. The maximum Gasteiger partial charge on any atom is 0.270 e. The van der Waals surface area contributed by atoms with Crippen LogP contribution in [0.1, 0.15) is 11.1 Å². The highest BCUT2D eigenvalue weighted by atomic mass is 35.5. The summed E-state index contributed by atoms with van der Waals surface area (Å²) in [5.41, 5.74) is 2.91. The van der Waals surface area contributed by atoms with Gasteiger partial charge >= 0.3 is 0 Å². The highest BCUT2D eigenvalue weighted by Gasteiger charge is 2.26. The van der Waals surface area contributed by atoms with Crippen LogP contribution in [0.4, 0.5) is 5.69 Å². The molecule has 1 amide bonds. The van der Waals surface area contributed by atoms with Crippen LogP contribution in [0.15, 0.2) is 46.4 Å². The number of rotatable bonds is 8. The summed E-state index contributed by atoms with van der Waals surface area (Å²) in [6.45, 7) is 1.22. The van der Waals surface area contributed by atoms with E-state index in [2.05, 4.69) is 10.5 Å². The zero-order chi connectivity index (χ0) is 22.5. The number of likely N-dealkylation sites (N-methyl/N-ethyl adjacent to an activating group) is 1. The summed E-state index contributed by atoms with van der Waals surface area (Å²) in [6.07, 6.45) is 1.13. The molecule has 0 atom stereocenters. The Balaban J connectivity index is 2.10. The van der Waals surface area contributed by atoms with E-state index >= 15 is 0 Å². The number of methoxy groups -OCH3 is 1. The first-order valence-corrected chi connectivity index (χ1v) is 10.2. The van der Waals surface area contributed by atoms with Crippen LogP contribution in [0.25, 0.3) is 0 Å². The van der Waals surface area contributed by atoms with Crippen LogP contribution in [0.3, 0.4) is 0 Å². The second-order valence-corrected chi connectivity index (χ2v) is 8.59. The third-order valence-electron chi connectivity index (χ3n) is 3.96. The molecule has 2 aromatic carbocycles. The van der Waals surface area contributed by atoms with Gasteiger partial charge < -0.3 is 4.74 Å². The van der Waals surface area contributed by atoms with Crippen LogP contribution >= 0.6 is 11.6 Å². The summed E-state index contributed by atoms with van der Waals surface area (Å²) < 4.78 is 31.5. The number of nitrogens with zero attached hydrogens (tertiary/aromatic N) is 3. The van der Waals surface area contributed by atoms with Crippen LogP contribution < -0.4 is 10.2 Å². The molecule has 0 aliphatic heterocycles. The number of nitro benzene ring substituents is 1. The Kier molecular flexibility index (Phi) is 7.48. The third kappa shape index (κ3) is 5.53. The van der Waals surface area contributed by atoms with Gasteiger partial charge in [0.2, 0.25) is 10.0 Å². The molecule has 0 saturated carbocycles. The van der Waals surface area contributed by atoms with Crippen molar-refractivity contribution in [2.45, 2.75) is 11.8 Å². The van der Waals surface area contributed by atoms with Crippen molar-refractivity contribution in [2.75, 3.05) is 20.7 Å². The molecule has 0 fully saturated rings. The van der Waals surface area contributed by atoms with E-state index in [1.807, 2.05) is 0 Å². The number of hydrazone groups is 1. The van der Waals surface area contributed by atoms with Crippen molar-refractivity contribution < 1.29 is 22.9 Å². The molecule has 2 aromatic rings. The zero-order valence-corrected chi connectivity index (χ0v) is 17.9. The molecule has 0 aliphatic carbocycles. The fourth-order valence-electron chi connectivity index (χ4n) is 2.39. The van der Waals surface area contributed by atoms with E-state index in [9.17, 15) is 23.3 Å². The number of nitro groups is 1. The average molecular weight is 455 g/mol. The summed E-state index contributed by atoms with van der Waals surface area (Å²) in [7, 11) is -1.40. The molecule has 0 aliphatic rings. The van der Waals surface area contributed by atoms with Crippen molar-refractivity contribution in [3.8, 4) is 5.75 Å². The molecule has 0 saturated heterocycles. The number of sulfonamides is 1. The van der Waals surface area contributed by atoms with Gasteiger partial charge in [-0.3, -0.25) is 14.9 Å². The molecule has 12 heteroatoms. The van der Waals surface area contributed by atoms with E-state index in [4.69, 9.17) is 16.3 Å². The molecule has 0 radical (unpaired) electrons. The maximum atomic E-state index is 12.8. The van der Waals surface area contributed by atoms with E-state index in [0.717, 1.165) is 10.5 Å². The first-order chi connectivity index (χ1) is 14.1. The van der Waals surface area contributed by atoms with Crippen LogP contribution in [0.5, 0.6) is 5.75 Å². The van der Waals surface area contributed by atoms with Crippen molar-refractivity contribution in [3.63, 3.8) is 0 Å². The first kappa shape index (κ1) is 23.3. The lowest BCUT2D eigenvalue weighted by Gasteiger charge is -2.18. The standard InChI is InChI=1S/C18H19ClN4O6S/c1-12-4-7-16(29-3)17(8-12)30(27,28)22(2)11-18(24)21-20-10-13-9-14(23(25)26)5-6-15(13)19/h4-10H,11H2,1-3H3,(H,21,24)/b20-10-. The Hall–Kier alpha value is -3.02. The Bertz CT molecular complexity index is 1100. The number of hydrogen-bond acceptors (Lipinski definition) is 7. The maximum absolute atomic E-state index is 12.8. The predicted molar refractivity (Wildman–Crippen MR) is 111 cm³/mol. The number of aryl methyl sites for hydroxylation is 1. The molecule has 0 heterocycles. The third-order valence-corrected chi connectivity index (χ3v) is 6.13. The van der Waals surface area contributed by atoms with Gasteiger partial charge in [-0.05, 0) is 30.7 Å². The smallest absolute Gasteiger partial charge is 0.270 e. The molecule has 0 spiro atoms. The van der Waals surface area contributed by atoms with Crippen molar-refractivity contribution in [3.05, 3.63) is 62.7 Å². The number of amides is 1. The van der Waals surface area contributed by atoms with Gasteiger partial charge in [-0.15, -0.1) is 0 Å². The Morgan fingerprint density at radius 3 is 2.67 bits per heavy atom. The largest absolute Gasteiger partial charge is 0.495 e. The van der Waals surface area contributed by atoms with E-state index in [1.165, 1.54) is 44.5 Å². The van der Waals surface area contributed by atoms with Gasteiger partial charge in [-0.25, -0.2) is 13.8 Å². The lowest BCUT2D eigenvalue weighted by atomic mass is 10.2. The minimum atomic E-state index is -4.00. The number of hydrogen-bond donors (Lipinski definition) is 1. The monoisotopic (exact) mass is 454 g/mol. The normalized spacial score (nSPS) is 11.6. The average Bonchev–Trinajstić information content (AvgIpc) is 2.69. The number of non-ortho nitro benzene ring substituents is 1. The highest BCUT2D eigenvalue weighted by molar-refractivity contribution is 7.89. The molecule has 0 bridgehead atoms. The van der Waals surface area contributed by atoms with Crippen LogP contribution in [0, 0.1) is 17.0 Å². The van der Waals surface area contributed by atoms with Gasteiger partial charge in [0, 0.05) is 29.8 Å². The summed E-state index contributed by atoms with van der Waals surface area (Å²) in [4.78, 5) is 22.3. The van der Waals surface area contributed by atoms with Crippen LogP contribution in [-0.2, 0) is 14.8 Å². The molecular formula is C18H19ClN4O6S. The highest BCUT2D eigenvalue weighted by Crippen LogP contribution is 2.27. The fourth-order valence-corrected chi connectivity index (χ4v) is 3.92. The van der Waals surface area contributed by atoms with E-state index in [-0.39, 0.29) is 26.9 Å². The summed E-state index contributed by atoms with van der Waals surface area (Å²) in [5.74, 6) is -0.559. The minimum Gasteiger partial charge on any atom is -0.495 e. The summed E-state index contributed by atoms with van der Waals surface area (Å²) in [6, 6.07) is 8.45. The fraction of sp³-hybridized carbons (Fsp3) is 0.222. The van der Waals surface area contributed by atoms with Gasteiger partial charge in [0.05, 0.1) is 24.8 Å². The first-order valence-electron chi connectivity index (χ1n) is 8.43. The summed E-state index contributed by atoms with van der Waals surface area (Å²) >= 11 is 5.94. The van der Waals surface area contributed by atoms with E-state index < -0.39 is 27.4 Å². The van der Waals surface area contributed by atoms with Gasteiger partial charge in [0.15, 0.2) is 0 Å². The molecule has 10 nitrogen and oxygen atoms in total. The van der Waals surface area contributed by atoms with Gasteiger partial charge in [-0.1, -0.05) is 17.7 Å². The number of benzene rings is 2. The topological polar surface area (TPSA) is 131 Å². The second kappa shape index (κ2) is 9.65. The Labute approximate surface area is 178 Å². The van der Waals surface area contributed by atoms with E-state index in [1.54, 1.807) is 13.0 Å². The van der Waals surface area contributed by atoms with Crippen molar-refractivity contribution in [2.24, 2.45) is 5.10 Å². The van der Waals surface area contributed by atoms with Crippen molar-refractivity contribution in [1.82, 2.24) is 9.73 Å². The van der Waals surface area contributed by atoms with Crippen LogP contribution in [-0.4, -0.2) is 50.5 Å². The number of nitrogens with one attached hydrogen (secondary N) is 1. The van der Waals surface area contributed by atoms with E-state index in [0.29, 0.717) is 5.56 Å². The predicted octanol–water partition coefficient (Wildman–Crippen LogP) is 2.34. The van der Waals surface area contributed by atoms with Gasteiger partial charge in [-0.2, -0.15) is 9.41 Å². The molecule has 160 valence electrons. The van der Waals surface area contributed by atoms with Crippen molar-refractivity contribution >= 4 is 39.4 Å². The molecule has 1 N–H and O–H groups in total. The number of halogens is 1. The molecule has 0 aromatic heterocycles. The number of ether oxygens (including phenoxy) is 1.